The van der Waals surface area contributed by atoms with Crippen molar-refractivity contribution in [1.29, 1.82) is 0 Å². The lowest BCUT2D eigenvalue weighted by Crippen LogP contribution is -2.47. The van der Waals surface area contributed by atoms with E-state index in [0.717, 1.165) is 42.4 Å². The monoisotopic (exact) mass is 373 g/mol. The summed E-state index contributed by atoms with van der Waals surface area (Å²) in [6.07, 6.45) is -0.480. The van der Waals surface area contributed by atoms with Crippen LogP contribution in [0, 0.1) is 0 Å². The summed E-state index contributed by atoms with van der Waals surface area (Å²) in [5.41, 5.74) is 1.99. The van der Waals surface area contributed by atoms with E-state index in [4.69, 9.17) is 16.6 Å². The highest BCUT2D eigenvalue weighted by Gasteiger charge is 2.22. The second-order valence-electron chi connectivity index (χ2n) is 6.32. The van der Waals surface area contributed by atoms with Crippen LogP contribution in [0.15, 0.2) is 48.5 Å². The second-order valence-corrected chi connectivity index (χ2v) is 7.76. The maximum Gasteiger partial charge on any atom is 0.186 e. The third-order valence-corrected chi connectivity index (χ3v) is 5.96. The Morgan fingerprint density at radius 1 is 1.04 bits per heavy atom. The van der Waals surface area contributed by atoms with E-state index in [1.165, 1.54) is 4.70 Å². The van der Waals surface area contributed by atoms with Gasteiger partial charge in [0.05, 0.1) is 16.3 Å². The SMILES string of the molecule is O[C@@H](CN1CCN(c2nc3ccccc3s2)CC1)c1ccc(Cl)cc1. The van der Waals surface area contributed by atoms with Crippen molar-refractivity contribution in [2.45, 2.75) is 6.10 Å². The van der Waals surface area contributed by atoms with Gasteiger partial charge in [0.25, 0.3) is 0 Å². The van der Waals surface area contributed by atoms with E-state index in [2.05, 4.69) is 28.0 Å². The number of hydrogen-bond donors (Lipinski definition) is 1. The molecule has 1 aliphatic heterocycles. The van der Waals surface area contributed by atoms with Crippen molar-refractivity contribution >= 4 is 38.3 Å². The van der Waals surface area contributed by atoms with Gasteiger partial charge in [-0.1, -0.05) is 47.2 Å². The van der Waals surface area contributed by atoms with Crippen LogP contribution in [0.2, 0.25) is 5.02 Å². The number of aromatic nitrogens is 1. The number of aliphatic hydroxyl groups is 1. The molecule has 1 aromatic heterocycles. The lowest BCUT2D eigenvalue weighted by Gasteiger charge is -2.35. The number of aliphatic hydroxyl groups excluding tert-OH is 1. The van der Waals surface area contributed by atoms with Gasteiger partial charge in [0.1, 0.15) is 0 Å². The molecule has 0 radical (unpaired) electrons. The van der Waals surface area contributed by atoms with Crippen molar-refractivity contribution < 1.29 is 5.11 Å². The largest absolute Gasteiger partial charge is 0.387 e. The van der Waals surface area contributed by atoms with Crippen molar-refractivity contribution in [3.05, 3.63) is 59.1 Å². The summed E-state index contributed by atoms with van der Waals surface area (Å²) in [6.45, 7) is 4.39. The number of rotatable bonds is 4. The molecule has 1 aliphatic rings. The smallest absolute Gasteiger partial charge is 0.186 e. The molecule has 4 nitrogen and oxygen atoms in total. The number of anilines is 1. The Labute approximate surface area is 156 Å². The minimum atomic E-state index is -0.480. The van der Waals surface area contributed by atoms with Crippen LogP contribution < -0.4 is 4.90 Å². The van der Waals surface area contributed by atoms with Gasteiger partial charge < -0.3 is 10.0 Å². The number of thiazole rings is 1. The zero-order valence-electron chi connectivity index (χ0n) is 13.8. The predicted molar refractivity (Wildman–Crippen MR) is 105 cm³/mol. The molecule has 0 bridgehead atoms. The average molecular weight is 374 g/mol. The summed E-state index contributed by atoms with van der Waals surface area (Å²) in [5, 5.41) is 12.2. The first kappa shape index (κ1) is 16.8. The van der Waals surface area contributed by atoms with Crippen LogP contribution in [-0.2, 0) is 0 Å². The van der Waals surface area contributed by atoms with Crippen molar-refractivity contribution in [3.63, 3.8) is 0 Å². The Hall–Kier alpha value is -1.66. The average Bonchev–Trinajstić information content (AvgIpc) is 3.07. The van der Waals surface area contributed by atoms with E-state index in [9.17, 15) is 5.11 Å². The molecule has 0 spiro atoms. The van der Waals surface area contributed by atoms with Crippen LogP contribution in [0.5, 0.6) is 0 Å². The maximum atomic E-state index is 10.4. The molecule has 1 saturated heterocycles. The summed E-state index contributed by atoms with van der Waals surface area (Å²) in [6, 6.07) is 15.7. The molecule has 2 heterocycles. The van der Waals surface area contributed by atoms with Gasteiger partial charge in [0.2, 0.25) is 0 Å². The highest BCUT2D eigenvalue weighted by molar-refractivity contribution is 7.22. The van der Waals surface area contributed by atoms with E-state index in [-0.39, 0.29) is 0 Å². The molecule has 6 heteroatoms. The predicted octanol–water partition coefficient (Wildman–Crippen LogP) is 3.81. The van der Waals surface area contributed by atoms with Crippen LogP contribution in [0.3, 0.4) is 0 Å². The highest BCUT2D eigenvalue weighted by Crippen LogP contribution is 2.29. The third-order valence-electron chi connectivity index (χ3n) is 4.61. The first-order valence-electron chi connectivity index (χ1n) is 8.45. The molecule has 0 saturated carbocycles. The lowest BCUT2D eigenvalue weighted by atomic mass is 10.1. The summed E-state index contributed by atoms with van der Waals surface area (Å²) >= 11 is 7.66. The molecule has 1 atom stereocenters. The number of piperazine rings is 1. The number of hydrogen-bond acceptors (Lipinski definition) is 5. The van der Waals surface area contributed by atoms with Gasteiger partial charge in [-0.15, -0.1) is 0 Å². The minimum absolute atomic E-state index is 0.480. The first-order valence-corrected chi connectivity index (χ1v) is 9.65. The van der Waals surface area contributed by atoms with Crippen LogP contribution in [-0.4, -0.2) is 47.7 Å². The number of halogens is 1. The topological polar surface area (TPSA) is 39.6 Å². The van der Waals surface area contributed by atoms with E-state index in [1.807, 2.05) is 30.3 Å². The summed E-state index contributed by atoms with van der Waals surface area (Å²) in [5.74, 6) is 0. The summed E-state index contributed by atoms with van der Waals surface area (Å²) in [7, 11) is 0. The molecule has 25 heavy (non-hydrogen) atoms. The second kappa shape index (κ2) is 7.30. The van der Waals surface area contributed by atoms with Crippen molar-refractivity contribution in [2.75, 3.05) is 37.6 Å². The quantitative estimate of drug-likeness (QED) is 0.755. The standard InChI is InChI=1S/C19H20ClN3OS/c20-15-7-5-14(6-8-15)17(24)13-22-9-11-23(12-10-22)19-21-16-3-1-2-4-18(16)25-19/h1-8,17,24H,9-13H2/t17-/m0/s1. The number of benzene rings is 2. The molecule has 130 valence electrons. The van der Waals surface area contributed by atoms with Gasteiger partial charge in [-0.25, -0.2) is 4.98 Å². The first-order chi connectivity index (χ1) is 12.2. The zero-order chi connectivity index (χ0) is 17.2. The number of fused-ring (bicyclic) bond motifs is 1. The van der Waals surface area contributed by atoms with E-state index >= 15 is 0 Å². The molecule has 0 aliphatic carbocycles. The zero-order valence-corrected chi connectivity index (χ0v) is 15.4. The van der Waals surface area contributed by atoms with Crippen molar-refractivity contribution in [3.8, 4) is 0 Å². The van der Waals surface area contributed by atoms with Gasteiger partial charge in [0.15, 0.2) is 5.13 Å². The Kier molecular flexibility index (Phi) is 4.90. The van der Waals surface area contributed by atoms with Gasteiger partial charge in [-0.05, 0) is 29.8 Å². The Balaban J connectivity index is 1.35. The molecular formula is C19H20ClN3OS. The van der Waals surface area contributed by atoms with Crippen LogP contribution in [0.1, 0.15) is 11.7 Å². The van der Waals surface area contributed by atoms with E-state index in [1.54, 1.807) is 11.3 Å². The lowest BCUT2D eigenvalue weighted by molar-refractivity contribution is 0.109. The number of para-hydroxylation sites is 1. The molecular weight excluding hydrogens is 354 g/mol. The van der Waals surface area contributed by atoms with Crippen molar-refractivity contribution in [1.82, 2.24) is 9.88 Å². The molecule has 0 unspecified atom stereocenters. The Morgan fingerprint density at radius 3 is 2.48 bits per heavy atom. The summed E-state index contributed by atoms with van der Waals surface area (Å²) in [4.78, 5) is 9.39. The summed E-state index contributed by atoms with van der Waals surface area (Å²) < 4.78 is 1.23. The van der Waals surface area contributed by atoms with Crippen LogP contribution in [0.25, 0.3) is 10.2 Å². The molecule has 4 rings (SSSR count). The highest BCUT2D eigenvalue weighted by atomic mass is 35.5. The van der Waals surface area contributed by atoms with Crippen LogP contribution >= 0.6 is 22.9 Å². The number of β-amino-alcohol motifs (C(OH)–C–C–N with tert-alkyl or cyclic N) is 1. The minimum Gasteiger partial charge on any atom is -0.387 e. The molecule has 2 aromatic carbocycles. The molecule has 0 amide bonds. The van der Waals surface area contributed by atoms with E-state index in [0.29, 0.717) is 11.6 Å². The van der Waals surface area contributed by atoms with Crippen LogP contribution in [0.4, 0.5) is 5.13 Å². The normalized spacial score (nSPS) is 17.1. The third kappa shape index (κ3) is 3.80. The molecule has 3 aromatic rings. The Bertz CT molecular complexity index is 810. The Morgan fingerprint density at radius 2 is 1.76 bits per heavy atom. The number of nitrogens with zero attached hydrogens (tertiary/aromatic N) is 3. The van der Waals surface area contributed by atoms with Gasteiger partial charge in [0, 0.05) is 37.7 Å². The fraction of sp³-hybridized carbons (Fsp3) is 0.316. The van der Waals surface area contributed by atoms with Gasteiger partial charge in [-0.3, -0.25) is 4.90 Å². The maximum absolute atomic E-state index is 10.4. The van der Waals surface area contributed by atoms with Gasteiger partial charge >= 0.3 is 0 Å². The fourth-order valence-corrected chi connectivity index (χ4v) is 4.30. The fourth-order valence-electron chi connectivity index (χ4n) is 3.15. The molecule has 1 fully saturated rings. The van der Waals surface area contributed by atoms with Crippen molar-refractivity contribution in [2.24, 2.45) is 0 Å². The van der Waals surface area contributed by atoms with Gasteiger partial charge in [-0.2, -0.15) is 0 Å². The van der Waals surface area contributed by atoms with E-state index < -0.39 is 6.10 Å². The molecule has 1 N–H and O–H groups in total.